The summed E-state index contributed by atoms with van der Waals surface area (Å²) in [5.41, 5.74) is 2.94. The number of hydrogen-bond donors (Lipinski definition) is 2. The van der Waals surface area contributed by atoms with E-state index in [1.54, 1.807) is 24.3 Å². The van der Waals surface area contributed by atoms with Gasteiger partial charge in [0.25, 0.3) is 11.8 Å². The zero-order valence-electron chi connectivity index (χ0n) is 15.5. The first kappa shape index (κ1) is 18.7. The molecule has 2 amide bonds. The van der Waals surface area contributed by atoms with E-state index in [9.17, 15) is 9.59 Å². The number of carbonyl (C=O) groups excluding carboxylic acids is 2. The molecule has 132 valence electrons. The van der Waals surface area contributed by atoms with E-state index in [1.165, 1.54) is 5.56 Å². The standard InChI is InChI=1S/C21H26N2O2/c1-14(2)22-20(25)16-7-6-8-18(13-16)23-19(24)15-9-11-17(12-10-15)21(3,4)5/h6-14H,1-5H3,(H,22,25)(H,23,24). The molecule has 0 heterocycles. The molecule has 25 heavy (non-hydrogen) atoms. The molecule has 2 rings (SSSR count). The maximum Gasteiger partial charge on any atom is 0.255 e. The second-order valence-corrected chi connectivity index (χ2v) is 7.49. The number of carbonyl (C=O) groups is 2. The minimum Gasteiger partial charge on any atom is -0.350 e. The molecule has 0 aliphatic rings. The largest absolute Gasteiger partial charge is 0.350 e. The number of rotatable bonds is 4. The lowest BCUT2D eigenvalue weighted by Crippen LogP contribution is -2.30. The van der Waals surface area contributed by atoms with Crippen LogP contribution in [0.1, 0.15) is 60.9 Å². The number of amides is 2. The first-order chi connectivity index (χ1) is 11.7. The Kier molecular flexibility index (Phi) is 5.62. The van der Waals surface area contributed by atoms with Crippen molar-refractivity contribution < 1.29 is 9.59 Å². The van der Waals surface area contributed by atoms with Crippen molar-refractivity contribution in [1.29, 1.82) is 0 Å². The average Bonchev–Trinajstić information content (AvgIpc) is 2.54. The molecule has 2 aromatic carbocycles. The summed E-state index contributed by atoms with van der Waals surface area (Å²) in [7, 11) is 0. The van der Waals surface area contributed by atoms with Gasteiger partial charge in [-0.3, -0.25) is 9.59 Å². The minimum absolute atomic E-state index is 0.0487. The SMILES string of the molecule is CC(C)NC(=O)c1cccc(NC(=O)c2ccc(C(C)(C)C)cc2)c1. The Balaban J connectivity index is 2.11. The smallest absolute Gasteiger partial charge is 0.255 e. The average molecular weight is 338 g/mol. The third-order valence-corrected chi connectivity index (χ3v) is 3.82. The molecule has 0 fully saturated rings. The highest BCUT2D eigenvalue weighted by Crippen LogP contribution is 2.22. The summed E-state index contributed by atoms with van der Waals surface area (Å²) in [6.45, 7) is 10.2. The van der Waals surface area contributed by atoms with Gasteiger partial charge in [0.05, 0.1) is 0 Å². The van der Waals surface area contributed by atoms with Crippen molar-refractivity contribution in [3.8, 4) is 0 Å². The molecule has 4 heteroatoms. The van der Waals surface area contributed by atoms with E-state index in [-0.39, 0.29) is 23.3 Å². The summed E-state index contributed by atoms with van der Waals surface area (Å²) in [5, 5.41) is 5.69. The van der Waals surface area contributed by atoms with Crippen LogP contribution in [0.2, 0.25) is 0 Å². The van der Waals surface area contributed by atoms with E-state index in [2.05, 4.69) is 31.4 Å². The second kappa shape index (κ2) is 7.51. The molecule has 4 nitrogen and oxygen atoms in total. The summed E-state index contributed by atoms with van der Waals surface area (Å²) in [5.74, 6) is -0.345. The van der Waals surface area contributed by atoms with E-state index in [4.69, 9.17) is 0 Å². The van der Waals surface area contributed by atoms with Gasteiger partial charge in [0.1, 0.15) is 0 Å². The summed E-state index contributed by atoms with van der Waals surface area (Å²) >= 11 is 0. The molecule has 0 radical (unpaired) electrons. The lowest BCUT2D eigenvalue weighted by Gasteiger charge is -2.19. The van der Waals surface area contributed by atoms with Crippen molar-refractivity contribution in [3.05, 3.63) is 65.2 Å². The van der Waals surface area contributed by atoms with E-state index >= 15 is 0 Å². The van der Waals surface area contributed by atoms with Crippen molar-refractivity contribution in [1.82, 2.24) is 5.32 Å². The molecule has 2 aromatic rings. The van der Waals surface area contributed by atoms with Crippen LogP contribution < -0.4 is 10.6 Å². The molecule has 0 saturated carbocycles. The van der Waals surface area contributed by atoms with Crippen molar-refractivity contribution >= 4 is 17.5 Å². The Morgan fingerprint density at radius 3 is 2.08 bits per heavy atom. The Labute approximate surface area is 149 Å². The minimum atomic E-state index is -0.193. The molecule has 0 spiro atoms. The zero-order chi connectivity index (χ0) is 18.6. The van der Waals surface area contributed by atoms with E-state index in [0.29, 0.717) is 16.8 Å². The molecular formula is C21H26N2O2. The van der Waals surface area contributed by atoms with Gasteiger partial charge >= 0.3 is 0 Å². The lowest BCUT2D eigenvalue weighted by molar-refractivity contribution is 0.0941. The van der Waals surface area contributed by atoms with Crippen LogP contribution >= 0.6 is 0 Å². The van der Waals surface area contributed by atoms with Crippen LogP contribution in [0.25, 0.3) is 0 Å². The molecule has 0 saturated heterocycles. The van der Waals surface area contributed by atoms with Crippen LogP contribution in [0.4, 0.5) is 5.69 Å². The molecule has 0 aliphatic carbocycles. The van der Waals surface area contributed by atoms with Crippen molar-refractivity contribution in [2.45, 2.75) is 46.1 Å². The molecule has 0 aliphatic heterocycles. The normalized spacial score (nSPS) is 11.3. The van der Waals surface area contributed by atoms with Gasteiger partial charge in [0.2, 0.25) is 0 Å². The molecule has 0 unspecified atom stereocenters. The Morgan fingerprint density at radius 2 is 1.52 bits per heavy atom. The summed E-state index contributed by atoms with van der Waals surface area (Å²) < 4.78 is 0. The van der Waals surface area contributed by atoms with Crippen molar-refractivity contribution in [3.63, 3.8) is 0 Å². The van der Waals surface area contributed by atoms with E-state index in [0.717, 1.165) is 0 Å². The topological polar surface area (TPSA) is 58.2 Å². The molecular weight excluding hydrogens is 312 g/mol. The van der Waals surface area contributed by atoms with Gasteiger partial charge in [-0.25, -0.2) is 0 Å². The second-order valence-electron chi connectivity index (χ2n) is 7.49. The highest BCUT2D eigenvalue weighted by Gasteiger charge is 2.15. The summed E-state index contributed by atoms with van der Waals surface area (Å²) in [6, 6.07) is 14.6. The van der Waals surface area contributed by atoms with Gasteiger partial charge in [0.15, 0.2) is 0 Å². The van der Waals surface area contributed by atoms with Gasteiger partial charge in [0, 0.05) is 22.9 Å². The quantitative estimate of drug-likeness (QED) is 0.869. The Bertz CT molecular complexity index is 756. The zero-order valence-corrected chi connectivity index (χ0v) is 15.5. The predicted molar refractivity (Wildman–Crippen MR) is 102 cm³/mol. The Hall–Kier alpha value is -2.62. The van der Waals surface area contributed by atoms with E-state index < -0.39 is 0 Å². The molecule has 2 N–H and O–H groups in total. The van der Waals surface area contributed by atoms with Gasteiger partial charge in [-0.05, 0) is 55.2 Å². The molecule has 0 aromatic heterocycles. The van der Waals surface area contributed by atoms with Gasteiger partial charge < -0.3 is 10.6 Å². The highest BCUT2D eigenvalue weighted by atomic mass is 16.2. The van der Waals surface area contributed by atoms with Crippen LogP contribution in [-0.4, -0.2) is 17.9 Å². The fourth-order valence-corrected chi connectivity index (χ4v) is 2.41. The maximum absolute atomic E-state index is 12.4. The van der Waals surface area contributed by atoms with Crippen LogP contribution in [0.15, 0.2) is 48.5 Å². The number of nitrogens with one attached hydrogen (secondary N) is 2. The summed E-state index contributed by atoms with van der Waals surface area (Å²) in [4.78, 5) is 24.5. The van der Waals surface area contributed by atoms with E-state index in [1.807, 2.05) is 38.1 Å². The predicted octanol–water partition coefficient (Wildman–Crippen LogP) is 4.37. The monoisotopic (exact) mass is 338 g/mol. The number of hydrogen-bond acceptors (Lipinski definition) is 2. The van der Waals surface area contributed by atoms with Crippen LogP contribution in [0.5, 0.6) is 0 Å². The maximum atomic E-state index is 12.4. The summed E-state index contributed by atoms with van der Waals surface area (Å²) in [6.07, 6.45) is 0. The fourth-order valence-electron chi connectivity index (χ4n) is 2.41. The van der Waals surface area contributed by atoms with Gasteiger partial charge in [-0.2, -0.15) is 0 Å². The lowest BCUT2D eigenvalue weighted by atomic mass is 9.87. The Morgan fingerprint density at radius 1 is 0.880 bits per heavy atom. The van der Waals surface area contributed by atoms with Crippen molar-refractivity contribution in [2.75, 3.05) is 5.32 Å². The third-order valence-electron chi connectivity index (χ3n) is 3.82. The number of anilines is 1. The van der Waals surface area contributed by atoms with Crippen LogP contribution in [0.3, 0.4) is 0 Å². The first-order valence-corrected chi connectivity index (χ1v) is 8.49. The third kappa shape index (κ3) is 5.18. The number of benzene rings is 2. The van der Waals surface area contributed by atoms with Crippen LogP contribution in [0, 0.1) is 0 Å². The fraction of sp³-hybridized carbons (Fsp3) is 0.333. The van der Waals surface area contributed by atoms with Crippen molar-refractivity contribution in [2.24, 2.45) is 0 Å². The first-order valence-electron chi connectivity index (χ1n) is 8.49. The highest BCUT2D eigenvalue weighted by molar-refractivity contribution is 6.05. The van der Waals surface area contributed by atoms with Gasteiger partial charge in [-0.15, -0.1) is 0 Å². The van der Waals surface area contributed by atoms with Crippen LogP contribution in [-0.2, 0) is 5.41 Å². The molecule has 0 atom stereocenters. The molecule has 0 bridgehead atoms. The van der Waals surface area contributed by atoms with Gasteiger partial charge in [-0.1, -0.05) is 39.0 Å².